The molecule has 2 aromatic rings. The molecule has 1 amide bonds. The topological polar surface area (TPSA) is 45.6 Å². The van der Waals surface area contributed by atoms with Crippen molar-refractivity contribution in [2.75, 3.05) is 40.0 Å². The average molecular weight is 414 g/mol. The van der Waals surface area contributed by atoms with E-state index in [9.17, 15) is 9.59 Å². The third kappa shape index (κ3) is 4.75. The summed E-state index contributed by atoms with van der Waals surface area (Å²) in [4.78, 5) is 30.4. The zero-order valence-electron chi connectivity index (χ0n) is 18.1. The van der Waals surface area contributed by atoms with Crippen LogP contribution < -0.4 is 0 Å². The van der Waals surface area contributed by atoms with Crippen LogP contribution in [0.25, 0.3) is 5.69 Å². The second-order valence-electron chi connectivity index (χ2n) is 8.05. The van der Waals surface area contributed by atoms with Gasteiger partial charge in [0.05, 0.1) is 12.5 Å². The lowest BCUT2D eigenvalue weighted by Crippen LogP contribution is -2.44. The van der Waals surface area contributed by atoms with E-state index in [4.69, 9.17) is 0 Å². The van der Waals surface area contributed by atoms with Gasteiger partial charge in [0.25, 0.3) is 0 Å². The molecule has 2 heterocycles. The van der Waals surface area contributed by atoms with Gasteiger partial charge in [-0.3, -0.25) is 14.5 Å². The van der Waals surface area contributed by atoms with Crippen molar-refractivity contribution in [2.45, 2.75) is 31.6 Å². The van der Waals surface area contributed by atoms with Crippen LogP contribution in [0.5, 0.6) is 0 Å². The first-order valence-electron chi connectivity index (χ1n) is 10.1. The Kier molecular flexibility index (Phi) is 6.85. The lowest BCUT2D eigenvalue weighted by Gasteiger charge is -2.32. The monoisotopic (exact) mass is 413 g/mol. The van der Waals surface area contributed by atoms with Crippen LogP contribution in [-0.2, 0) is 4.79 Å². The molecule has 0 aliphatic carbocycles. The summed E-state index contributed by atoms with van der Waals surface area (Å²) in [5.74, 6) is 0.283. The van der Waals surface area contributed by atoms with Gasteiger partial charge in [0.15, 0.2) is 5.78 Å². The van der Waals surface area contributed by atoms with Crippen LogP contribution in [0.4, 0.5) is 0 Å². The van der Waals surface area contributed by atoms with Gasteiger partial charge in [-0.15, -0.1) is 11.8 Å². The maximum atomic E-state index is 13.1. The molecule has 1 aromatic heterocycles. The summed E-state index contributed by atoms with van der Waals surface area (Å²) < 4.78 is 2.15. The second-order valence-corrected chi connectivity index (χ2v) is 8.93. The van der Waals surface area contributed by atoms with E-state index in [1.165, 1.54) is 4.90 Å². The highest BCUT2D eigenvalue weighted by Gasteiger charge is 2.28. The second kappa shape index (κ2) is 9.18. The Bertz CT molecular complexity index is 904. The highest BCUT2D eigenvalue weighted by molar-refractivity contribution is 7.98. The van der Waals surface area contributed by atoms with E-state index < -0.39 is 0 Å². The molecule has 1 aromatic carbocycles. The van der Waals surface area contributed by atoms with Crippen LogP contribution >= 0.6 is 11.8 Å². The molecule has 0 N–H and O–H groups in total. The first kappa shape index (κ1) is 21.7. The Morgan fingerprint density at radius 3 is 2.66 bits per heavy atom. The molecule has 0 spiro atoms. The van der Waals surface area contributed by atoms with Crippen LogP contribution in [0.2, 0.25) is 0 Å². The van der Waals surface area contributed by atoms with Crippen LogP contribution in [0.1, 0.15) is 34.6 Å². The first-order valence-corrected chi connectivity index (χ1v) is 11.3. The minimum Gasteiger partial charge on any atom is -0.349 e. The van der Waals surface area contributed by atoms with E-state index in [1.54, 1.807) is 30.8 Å². The molecular formula is C23H31N3O2S. The van der Waals surface area contributed by atoms with Crippen molar-refractivity contribution in [3.05, 3.63) is 47.3 Å². The number of aryl methyl sites for hydroxylation is 1. The summed E-state index contributed by atoms with van der Waals surface area (Å²) in [7, 11) is 3.60. The number of carbonyl (C=O) groups is 2. The van der Waals surface area contributed by atoms with E-state index in [2.05, 4.69) is 40.0 Å². The first-order chi connectivity index (χ1) is 13.8. The van der Waals surface area contributed by atoms with Crippen molar-refractivity contribution >= 4 is 23.5 Å². The summed E-state index contributed by atoms with van der Waals surface area (Å²) in [6.07, 6.45) is 3.93. The highest BCUT2D eigenvalue weighted by Crippen LogP contribution is 2.25. The number of Topliss-reactive ketones (excluding diaryl/α,β-unsaturated/α-hetero) is 1. The number of ketones is 1. The summed E-state index contributed by atoms with van der Waals surface area (Å²) in [5.41, 5.74) is 3.89. The van der Waals surface area contributed by atoms with Crippen LogP contribution in [-0.4, -0.2) is 66.0 Å². The van der Waals surface area contributed by atoms with Gasteiger partial charge < -0.3 is 9.47 Å². The number of carbonyl (C=O) groups excluding carboxylic acids is 2. The van der Waals surface area contributed by atoms with E-state index in [0.717, 1.165) is 42.0 Å². The number of thioether (sulfide) groups is 1. The number of rotatable bonds is 6. The van der Waals surface area contributed by atoms with Gasteiger partial charge >= 0.3 is 0 Å². The van der Waals surface area contributed by atoms with Crippen molar-refractivity contribution in [3.8, 4) is 5.69 Å². The Labute approximate surface area is 178 Å². The average Bonchev–Trinajstić information content (AvgIpc) is 3.01. The Balaban J connectivity index is 1.77. The molecule has 1 saturated heterocycles. The smallest absolute Gasteiger partial charge is 0.226 e. The van der Waals surface area contributed by atoms with Gasteiger partial charge in [-0.05, 0) is 63.8 Å². The van der Waals surface area contributed by atoms with E-state index >= 15 is 0 Å². The van der Waals surface area contributed by atoms with E-state index in [0.29, 0.717) is 13.1 Å². The predicted octanol–water partition coefficient (Wildman–Crippen LogP) is 3.80. The summed E-state index contributed by atoms with van der Waals surface area (Å²) in [6, 6.07) is 10.4. The summed E-state index contributed by atoms with van der Waals surface area (Å²) in [6.45, 7) is 5.96. The van der Waals surface area contributed by atoms with Gasteiger partial charge in [0.1, 0.15) is 0 Å². The fourth-order valence-corrected chi connectivity index (χ4v) is 4.70. The third-order valence-electron chi connectivity index (χ3n) is 5.71. The number of piperidine rings is 1. The van der Waals surface area contributed by atoms with Crippen molar-refractivity contribution < 1.29 is 9.59 Å². The molecule has 3 rings (SSSR count). The molecule has 5 nitrogen and oxygen atoms in total. The molecule has 6 heteroatoms. The molecule has 0 saturated carbocycles. The lowest BCUT2D eigenvalue weighted by molar-refractivity contribution is -0.134. The molecule has 29 heavy (non-hydrogen) atoms. The molecule has 1 aliphatic rings. The van der Waals surface area contributed by atoms with Crippen LogP contribution in [0, 0.1) is 19.8 Å². The summed E-state index contributed by atoms with van der Waals surface area (Å²) >= 11 is 1.71. The van der Waals surface area contributed by atoms with Crippen molar-refractivity contribution in [1.82, 2.24) is 14.4 Å². The molecular weight excluding hydrogens is 382 g/mol. The fraction of sp³-hybridized carbons (Fsp3) is 0.478. The minimum atomic E-state index is -0.00624. The molecule has 0 bridgehead atoms. The Morgan fingerprint density at radius 2 is 1.97 bits per heavy atom. The number of amides is 1. The van der Waals surface area contributed by atoms with Gasteiger partial charge in [-0.1, -0.05) is 6.07 Å². The zero-order chi connectivity index (χ0) is 21.1. The Hall–Kier alpha value is -2.05. The van der Waals surface area contributed by atoms with Gasteiger partial charge in [0, 0.05) is 48.2 Å². The molecule has 0 radical (unpaired) electrons. The van der Waals surface area contributed by atoms with Crippen LogP contribution in [0.15, 0.2) is 35.2 Å². The molecule has 1 aliphatic heterocycles. The van der Waals surface area contributed by atoms with Crippen LogP contribution in [0.3, 0.4) is 0 Å². The number of likely N-dealkylation sites (tertiary alicyclic amines) is 1. The van der Waals surface area contributed by atoms with Gasteiger partial charge in [-0.25, -0.2) is 0 Å². The largest absolute Gasteiger partial charge is 0.349 e. The number of hydrogen-bond donors (Lipinski definition) is 0. The standard InChI is InChI=1S/C23H31N3O2S/c1-16-12-21(17(2)26(16)19-9-6-10-20(13-19)29-5)22(27)15-25-11-7-8-18(14-25)23(28)24(3)4/h6,9-10,12-13,18H,7-8,11,14-15H2,1-5H3. The number of hydrogen-bond acceptors (Lipinski definition) is 4. The molecule has 1 unspecified atom stereocenters. The van der Waals surface area contributed by atoms with E-state index in [-0.39, 0.29) is 17.6 Å². The summed E-state index contributed by atoms with van der Waals surface area (Å²) in [5, 5.41) is 0. The normalized spacial score (nSPS) is 17.3. The van der Waals surface area contributed by atoms with Crippen molar-refractivity contribution in [3.63, 3.8) is 0 Å². The minimum absolute atomic E-state index is 0.00624. The fourth-order valence-electron chi connectivity index (χ4n) is 4.25. The van der Waals surface area contributed by atoms with Gasteiger partial charge in [0.2, 0.25) is 5.91 Å². The van der Waals surface area contributed by atoms with E-state index in [1.807, 2.05) is 19.9 Å². The molecule has 1 atom stereocenters. The maximum Gasteiger partial charge on any atom is 0.226 e. The maximum absolute atomic E-state index is 13.1. The quantitative estimate of drug-likeness (QED) is 0.534. The lowest BCUT2D eigenvalue weighted by atomic mass is 9.96. The van der Waals surface area contributed by atoms with Gasteiger partial charge in [-0.2, -0.15) is 0 Å². The highest BCUT2D eigenvalue weighted by atomic mass is 32.2. The number of nitrogens with zero attached hydrogens (tertiary/aromatic N) is 3. The Morgan fingerprint density at radius 1 is 1.21 bits per heavy atom. The SMILES string of the molecule is CSc1cccc(-n2c(C)cc(C(=O)CN3CCCC(C(=O)N(C)C)C3)c2C)c1. The molecule has 1 fully saturated rings. The van der Waals surface area contributed by atoms with Crippen molar-refractivity contribution in [1.29, 1.82) is 0 Å². The number of benzene rings is 1. The molecule has 156 valence electrons. The number of aromatic nitrogens is 1. The predicted molar refractivity (Wildman–Crippen MR) is 119 cm³/mol. The van der Waals surface area contributed by atoms with Crippen molar-refractivity contribution in [2.24, 2.45) is 5.92 Å². The zero-order valence-corrected chi connectivity index (χ0v) is 18.9. The third-order valence-corrected chi connectivity index (χ3v) is 6.43.